The fraction of sp³-hybridized carbons (Fsp3) is 0.278. The predicted octanol–water partition coefficient (Wildman–Crippen LogP) is 4.65. The third-order valence-electron chi connectivity index (χ3n) is 3.57. The molecule has 2 aromatic rings. The molecule has 2 aromatic carbocycles. The Morgan fingerprint density at radius 2 is 1.82 bits per heavy atom. The van der Waals surface area contributed by atoms with Gasteiger partial charge in [0.25, 0.3) is 0 Å². The maximum atomic E-state index is 11.4. The third-order valence-corrected chi connectivity index (χ3v) is 4.35. The first-order chi connectivity index (χ1) is 10.6. The number of amides is 1. The van der Waals surface area contributed by atoms with Crippen molar-refractivity contribution in [3.63, 3.8) is 0 Å². The highest BCUT2D eigenvalue weighted by Gasteiger charge is 2.07. The Morgan fingerprint density at radius 3 is 2.45 bits per heavy atom. The van der Waals surface area contributed by atoms with Crippen LogP contribution in [0.1, 0.15) is 37.4 Å². The predicted molar refractivity (Wildman–Crippen MR) is 94.8 cm³/mol. The Balaban J connectivity index is 1.94. The van der Waals surface area contributed by atoms with Crippen LogP contribution in [0.4, 0.5) is 5.69 Å². The summed E-state index contributed by atoms with van der Waals surface area (Å²) < 4.78 is 1.12. The van der Waals surface area contributed by atoms with E-state index in [0.717, 1.165) is 16.7 Å². The molecule has 3 nitrogen and oxygen atoms in total. The summed E-state index contributed by atoms with van der Waals surface area (Å²) in [5.41, 5.74) is 3.27. The molecule has 0 heterocycles. The average molecular weight is 361 g/mol. The molecule has 0 fully saturated rings. The third kappa shape index (κ3) is 4.68. The van der Waals surface area contributed by atoms with Crippen molar-refractivity contribution < 1.29 is 4.79 Å². The number of benzene rings is 2. The molecule has 0 spiro atoms. The van der Waals surface area contributed by atoms with E-state index in [2.05, 4.69) is 39.6 Å². The molecule has 2 rings (SSSR count). The summed E-state index contributed by atoms with van der Waals surface area (Å²) in [4.78, 5) is 11.4. The first-order valence-electron chi connectivity index (χ1n) is 7.46. The van der Waals surface area contributed by atoms with Gasteiger partial charge in [0.05, 0.1) is 0 Å². The minimum Gasteiger partial charge on any atom is -0.326 e. The molecule has 0 aromatic heterocycles. The number of anilines is 1. The van der Waals surface area contributed by atoms with Gasteiger partial charge >= 0.3 is 0 Å². The Morgan fingerprint density at radius 1 is 1.14 bits per heavy atom. The highest BCUT2D eigenvalue weighted by molar-refractivity contribution is 9.10. The van der Waals surface area contributed by atoms with Gasteiger partial charge in [-0.2, -0.15) is 0 Å². The topological polar surface area (TPSA) is 41.1 Å². The molecule has 0 unspecified atom stereocenters. The summed E-state index contributed by atoms with van der Waals surface area (Å²) in [6.45, 7) is 4.78. The first-order valence-corrected chi connectivity index (χ1v) is 8.26. The van der Waals surface area contributed by atoms with E-state index in [1.54, 1.807) is 0 Å². The molecule has 116 valence electrons. The van der Waals surface area contributed by atoms with Gasteiger partial charge in [-0.1, -0.05) is 53.2 Å². The number of hydrogen-bond acceptors (Lipinski definition) is 2. The van der Waals surface area contributed by atoms with Gasteiger partial charge in [-0.05, 0) is 36.2 Å². The van der Waals surface area contributed by atoms with Gasteiger partial charge in [0.2, 0.25) is 5.91 Å². The van der Waals surface area contributed by atoms with Crippen LogP contribution in [0, 0.1) is 0 Å². The molecule has 0 bridgehead atoms. The van der Waals surface area contributed by atoms with Crippen molar-refractivity contribution in [3.8, 4) is 0 Å². The molecule has 0 aliphatic heterocycles. The Hall–Kier alpha value is -1.65. The molecule has 22 heavy (non-hydrogen) atoms. The van der Waals surface area contributed by atoms with Gasteiger partial charge in [-0.15, -0.1) is 0 Å². The smallest absolute Gasteiger partial charge is 0.224 e. The number of nitrogens with one attached hydrogen (secondary N) is 2. The second-order valence-electron chi connectivity index (χ2n) is 5.22. The maximum absolute atomic E-state index is 11.4. The fourth-order valence-electron chi connectivity index (χ4n) is 2.13. The van der Waals surface area contributed by atoms with Crippen LogP contribution in [0.3, 0.4) is 0 Å². The van der Waals surface area contributed by atoms with Gasteiger partial charge in [-0.25, -0.2) is 0 Å². The monoisotopic (exact) mass is 360 g/mol. The summed E-state index contributed by atoms with van der Waals surface area (Å²) in [7, 11) is 0. The van der Waals surface area contributed by atoms with E-state index in [0.29, 0.717) is 6.42 Å². The standard InChI is InChI=1S/C18H21BrN2O/c1-3-18(22)21-16-10-8-14(9-11-16)13(2)20-12-15-6-4-5-7-17(15)19/h4-11,13,20H,3,12H2,1-2H3,(H,21,22)/t13-/m1/s1. The lowest BCUT2D eigenvalue weighted by Crippen LogP contribution is -2.18. The quantitative estimate of drug-likeness (QED) is 0.787. The fourth-order valence-corrected chi connectivity index (χ4v) is 2.55. The van der Waals surface area contributed by atoms with Crippen LogP contribution in [0.25, 0.3) is 0 Å². The van der Waals surface area contributed by atoms with Crippen molar-refractivity contribution in [2.45, 2.75) is 32.9 Å². The van der Waals surface area contributed by atoms with E-state index in [-0.39, 0.29) is 11.9 Å². The zero-order chi connectivity index (χ0) is 15.9. The number of carbonyl (C=O) groups is 1. The summed E-state index contributed by atoms with van der Waals surface area (Å²) >= 11 is 3.56. The molecular weight excluding hydrogens is 340 g/mol. The van der Waals surface area contributed by atoms with Crippen LogP contribution in [0.2, 0.25) is 0 Å². The maximum Gasteiger partial charge on any atom is 0.224 e. The van der Waals surface area contributed by atoms with Gasteiger partial charge in [-0.3, -0.25) is 4.79 Å². The van der Waals surface area contributed by atoms with E-state index in [1.807, 2.05) is 49.4 Å². The SMILES string of the molecule is CCC(=O)Nc1ccc([C@@H](C)NCc2ccccc2Br)cc1. The van der Waals surface area contributed by atoms with E-state index in [9.17, 15) is 4.79 Å². The lowest BCUT2D eigenvalue weighted by atomic mass is 10.1. The number of carbonyl (C=O) groups excluding carboxylic acids is 1. The molecule has 4 heteroatoms. The zero-order valence-electron chi connectivity index (χ0n) is 12.9. The normalized spacial score (nSPS) is 12.0. The van der Waals surface area contributed by atoms with E-state index in [1.165, 1.54) is 11.1 Å². The largest absolute Gasteiger partial charge is 0.326 e. The molecule has 0 radical (unpaired) electrons. The molecule has 1 atom stereocenters. The van der Waals surface area contributed by atoms with Crippen molar-refractivity contribution in [1.29, 1.82) is 0 Å². The van der Waals surface area contributed by atoms with Gasteiger partial charge in [0, 0.05) is 29.2 Å². The van der Waals surface area contributed by atoms with Crippen molar-refractivity contribution in [2.75, 3.05) is 5.32 Å². The van der Waals surface area contributed by atoms with E-state index < -0.39 is 0 Å². The van der Waals surface area contributed by atoms with Crippen LogP contribution >= 0.6 is 15.9 Å². The van der Waals surface area contributed by atoms with Crippen molar-refractivity contribution in [1.82, 2.24) is 5.32 Å². The Bertz CT molecular complexity index is 625. The molecule has 0 aliphatic rings. The summed E-state index contributed by atoms with van der Waals surface area (Å²) in [5, 5.41) is 6.37. The van der Waals surface area contributed by atoms with E-state index in [4.69, 9.17) is 0 Å². The van der Waals surface area contributed by atoms with Crippen LogP contribution in [-0.4, -0.2) is 5.91 Å². The lowest BCUT2D eigenvalue weighted by molar-refractivity contribution is -0.115. The first kappa shape index (κ1) is 16.7. The molecule has 1 amide bonds. The average Bonchev–Trinajstić information content (AvgIpc) is 2.54. The van der Waals surface area contributed by atoms with Gasteiger partial charge in [0.1, 0.15) is 0 Å². The van der Waals surface area contributed by atoms with Crippen LogP contribution in [0.15, 0.2) is 53.0 Å². The molecule has 0 saturated carbocycles. The van der Waals surface area contributed by atoms with Crippen LogP contribution < -0.4 is 10.6 Å². The van der Waals surface area contributed by atoms with Crippen molar-refractivity contribution in [2.24, 2.45) is 0 Å². The molecule has 0 saturated heterocycles. The second kappa shape index (κ2) is 8.11. The summed E-state index contributed by atoms with van der Waals surface area (Å²) in [5.74, 6) is 0.0350. The van der Waals surface area contributed by atoms with E-state index >= 15 is 0 Å². The lowest BCUT2D eigenvalue weighted by Gasteiger charge is -2.15. The molecular formula is C18H21BrN2O. The molecule has 0 aliphatic carbocycles. The Labute approximate surface area is 140 Å². The highest BCUT2D eigenvalue weighted by atomic mass is 79.9. The minimum absolute atomic E-state index is 0.0350. The summed E-state index contributed by atoms with van der Waals surface area (Å²) in [6, 6.07) is 16.4. The number of rotatable bonds is 6. The number of hydrogen-bond donors (Lipinski definition) is 2. The summed E-state index contributed by atoms with van der Waals surface area (Å²) in [6.07, 6.45) is 0.492. The molecule has 2 N–H and O–H groups in total. The second-order valence-corrected chi connectivity index (χ2v) is 6.07. The van der Waals surface area contributed by atoms with Gasteiger partial charge in [0.15, 0.2) is 0 Å². The minimum atomic E-state index is 0.0350. The van der Waals surface area contributed by atoms with Crippen molar-refractivity contribution >= 4 is 27.5 Å². The van der Waals surface area contributed by atoms with Gasteiger partial charge < -0.3 is 10.6 Å². The van der Waals surface area contributed by atoms with Crippen molar-refractivity contribution in [3.05, 3.63) is 64.1 Å². The number of halogens is 1. The Kier molecular flexibility index (Phi) is 6.16. The highest BCUT2D eigenvalue weighted by Crippen LogP contribution is 2.19. The van der Waals surface area contributed by atoms with Crippen LogP contribution in [-0.2, 0) is 11.3 Å². The zero-order valence-corrected chi connectivity index (χ0v) is 14.5. The van der Waals surface area contributed by atoms with Crippen LogP contribution in [0.5, 0.6) is 0 Å².